The molecule has 4 N–H and O–H groups in total. The van der Waals surface area contributed by atoms with Crippen LogP contribution in [-0.2, 0) is 27.4 Å². The molecule has 0 spiro atoms. The molecule has 1 aliphatic rings. The second-order valence-corrected chi connectivity index (χ2v) is 11.2. The summed E-state index contributed by atoms with van der Waals surface area (Å²) in [5, 5.41) is 9.64. The lowest BCUT2D eigenvalue weighted by molar-refractivity contribution is -0.133. The van der Waals surface area contributed by atoms with E-state index in [1.165, 1.54) is 22.9 Å². The topological polar surface area (TPSA) is 158 Å². The summed E-state index contributed by atoms with van der Waals surface area (Å²) in [6.45, 7) is 4.95. The first-order valence-corrected chi connectivity index (χ1v) is 13.6. The van der Waals surface area contributed by atoms with E-state index in [4.69, 9.17) is 26.8 Å². The number of aromatic nitrogens is 2. The molecule has 1 aliphatic carbocycles. The number of halogens is 2. The zero-order valence-electron chi connectivity index (χ0n) is 23.4. The average Bonchev–Trinajstić information content (AvgIpc) is 3.67. The zero-order valence-corrected chi connectivity index (χ0v) is 24.2. The number of amides is 4. The van der Waals surface area contributed by atoms with Gasteiger partial charge in [0.25, 0.3) is 5.91 Å². The molecule has 2 aromatic carbocycles. The quantitative estimate of drug-likeness (QED) is 0.314. The number of fused-ring (bicyclic) bond motifs is 1. The van der Waals surface area contributed by atoms with Crippen molar-refractivity contribution in [3.8, 4) is 0 Å². The van der Waals surface area contributed by atoms with Crippen molar-refractivity contribution in [1.82, 2.24) is 20.0 Å². The molecule has 0 saturated heterocycles. The maximum Gasteiger partial charge on any atom is 0.412 e. The van der Waals surface area contributed by atoms with E-state index in [9.17, 15) is 23.6 Å². The van der Waals surface area contributed by atoms with Gasteiger partial charge in [-0.05, 0) is 57.9 Å². The number of rotatable bonds is 10. The Morgan fingerprint density at radius 1 is 1.17 bits per heavy atom. The number of carbonyl (C=O) groups is 4. The minimum absolute atomic E-state index is 0.00761. The molecule has 4 amide bonds. The molecule has 1 fully saturated rings. The molecule has 0 aliphatic heterocycles. The highest BCUT2D eigenvalue weighted by molar-refractivity contribution is 6.30. The second kappa shape index (κ2) is 12.6. The van der Waals surface area contributed by atoms with E-state index in [0.29, 0.717) is 16.6 Å². The van der Waals surface area contributed by atoms with E-state index in [2.05, 4.69) is 15.7 Å². The molecular weight excluding hydrogens is 571 g/mol. The highest BCUT2D eigenvalue weighted by atomic mass is 35.5. The van der Waals surface area contributed by atoms with E-state index < -0.39 is 29.5 Å². The third-order valence-electron chi connectivity index (χ3n) is 6.24. The monoisotopic (exact) mass is 602 g/mol. The van der Waals surface area contributed by atoms with Crippen molar-refractivity contribution >= 4 is 52.2 Å². The first kappa shape index (κ1) is 30.6. The van der Waals surface area contributed by atoms with E-state index in [1.807, 2.05) is 0 Å². The number of hydrogen-bond acceptors (Lipinski definition) is 7. The van der Waals surface area contributed by atoms with Gasteiger partial charge in [-0.15, -0.1) is 0 Å². The average molecular weight is 603 g/mol. The van der Waals surface area contributed by atoms with Gasteiger partial charge in [0, 0.05) is 29.2 Å². The molecule has 0 unspecified atom stereocenters. The van der Waals surface area contributed by atoms with Crippen LogP contribution in [0.25, 0.3) is 10.9 Å². The fraction of sp³-hybridized carbons (Fsp3) is 0.393. The molecule has 3 aromatic rings. The van der Waals surface area contributed by atoms with Crippen molar-refractivity contribution in [3.05, 3.63) is 58.5 Å². The lowest BCUT2D eigenvalue weighted by atomic mass is 10.2. The van der Waals surface area contributed by atoms with Gasteiger partial charge in [-0.3, -0.25) is 19.6 Å². The van der Waals surface area contributed by atoms with Crippen LogP contribution in [0, 0.1) is 5.82 Å². The molecular formula is C28H32ClFN6O6. The Balaban J connectivity index is 1.38. The van der Waals surface area contributed by atoms with Gasteiger partial charge in [0.1, 0.15) is 24.6 Å². The van der Waals surface area contributed by atoms with Crippen LogP contribution in [0.5, 0.6) is 0 Å². The van der Waals surface area contributed by atoms with Gasteiger partial charge in [-0.2, -0.15) is 5.10 Å². The van der Waals surface area contributed by atoms with Crippen molar-refractivity contribution in [2.24, 2.45) is 5.73 Å². The number of alkyl carbamates (subject to hydrolysis) is 1. The zero-order chi connectivity index (χ0) is 30.6. The van der Waals surface area contributed by atoms with E-state index >= 15 is 0 Å². The summed E-state index contributed by atoms with van der Waals surface area (Å²) in [5.41, 5.74) is 5.83. The van der Waals surface area contributed by atoms with Crippen molar-refractivity contribution in [2.75, 3.05) is 18.5 Å². The molecule has 0 bridgehead atoms. The number of hydrogen-bond donors (Lipinski definition) is 3. The third kappa shape index (κ3) is 7.87. The van der Waals surface area contributed by atoms with E-state index in [-0.39, 0.29) is 54.5 Å². The lowest BCUT2D eigenvalue weighted by Crippen LogP contribution is -2.39. The molecule has 14 heteroatoms. The molecule has 12 nitrogen and oxygen atoms in total. The van der Waals surface area contributed by atoms with Crippen LogP contribution in [0.3, 0.4) is 0 Å². The number of nitrogens with one attached hydrogen (secondary N) is 2. The normalized spacial score (nSPS) is 13.0. The van der Waals surface area contributed by atoms with Gasteiger partial charge in [0.2, 0.25) is 5.91 Å². The van der Waals surface area contributed by atoms with Crippen LogP contribution >= 0.6 is 11.6 Å². The van der Waals surface area contributed by atoms with E-state index in [0.717, 1.165) is 12.8 Å². The maximum atomic E-state index is 14.0. The minimum atomic E-state index is -0.795. The third-order valence-corrected chi connectivity index (χ3v) is 6.53. The summed E-state index contributed by atoms with van der Waals surface area (Å²) in [7, 11) is 0. The fourth-order valence-corrected chi connectivity index (χ4v) is 4.43. The number of nitrogens with two attached hydrogens (primary N) is 1. The highest BCUT2D eigenvalue weighted by Gasteiger charge is 2.33. The standard InChI is InChI=1S/C28H32ClFN6O6/c1-28(2,3)42-27(40)33-17-7-10-21-19(13-17)24(25(31)38)34-36(21)15-22(37)35(18-8-9-18)11-12-41-26(39)32-14-16-5-4-6-20(29)23(16)30/h4-7,10,13,18H,8-9,11-12,14-15H2,1-3H3,(H2,31,38)(H,32,39)(H,33,40). The van der Waals surface area contributed by atoms with Crippen molar-refractivity contribution in [3.63, 3.8) is 0 Å². The van der Waals surface area contributed by atoms with Gasteiger partial charge in [-0.25, -0.2) is 14.0 Å². The summed E-state index contributed by atoms with van der Waals surface area (Å²) in [4.78, 5) is 51.3. The van der Waals surface area contributed by atoms with Gasteiger partial charge in [0.15, 0.2) is 5.69 Å². The highest BCUT2D eigenvalue weighted by Crippen LogP contribution is 2.28. The minimum Gasteiger partial charge on any atom is -0.448 e. The molecule has 4 rings (SSSR count). The van der Waals surface area contributed by atoms with Crippen LogP contribution in [0.1, 0.15) is 49.7 Å². The number of anilines is 1. The largest absolute Gasteiger partial charge is 0.448 e. The molecule has 42 heavy (non-hydrogen) atoms. The van der Waals surface area contributed by atoms with Crippen LogP contribution in [0.15, 0.2) is 36.4 Å². The summed E-state index contributed by atoms with van der Waals surface area (Å²) in [6, 6.07) is 9.22. The predicted molar refractivity (Wildman–Crippen MR) is 152 cm³/mol. The second-order valence-electron chi connectivity index (χ2n) is 10.8. The first-order chi connectivity index (χ1) is 19.8. The molecule has 1 aromatic heterocycles. The molecule has 0 atom stereocenters. The number of benzene rings is 2. The Bertz CT molecular complexity index is 1520. The summed E-state index contributed by atoms with van der Waals surface area (Å²) in [5.74, 6) is -1.71. The Morgan fingerprint density at radius 2 is 1.90 bits per heavy atom. The smallest absolute Gasteiger partial charge is 0.412 e. The van der Waals surface area contributed by atoms with Crippen molar-refractivity contribution < 1.29 is 33.0 Å². The number of carbonyl (C=O) groups excluding carboxylic acids is 4. The molecule has 0 radical (unpaired) electrons. The molecule has 1 heterocycles. The molecule has 1 saturated carbocycles. The molecule has 224 valence electrons. The first-order valence-electron chi connectivity index (χ1n) is 13.3. The van der Waals surface area contributed by atoms with Crippen LogP contribution in [0.2, 0.25) is 5.02 Å². The summed E-state index contributed by atoms with van der Waals surface area (Å²) >= 11 is 5.76. The Labute approximate surface area is 246 Å². The van der Waals surface area contributed by atoms with E-state index in [1.54, 1.807) is 43.9 Å². The van der Waals surface area contributed by atoms with Crippen LogP contribution < -0.4 is 16.4 Å². The number of nitrogens with zero attached hydrogens (tertiary/aromatic N) is 3. The Kier molecular flexibility index (Phi) is 9.20. The van der Waals surface area contributed by atoms with Crippen molar-refractivity contribution in [2.45, 2.75) is 58.3 Å². The predicted octanol–water partition coefficient (Wildman–Crippen LogP) is 4.19. The summed E-state index contributed by atoms with van der Waals surface area (Å²) < 4.78 is 25.9. The van der Waals surface area contributed by atoms with Gasteiger partial charge in [-0.1, -0.05) is 23.7 Å². The van der Waals surface area contributed by atoms with Crippen molar-refractivity contribution in [1.29, 1.82) is 0 Å². The van der Waals surface area contributed by atoms with Crippen LogP contribution in [0.4, 0.5) is 19.7 Å². The van der Waals surface area contributed by atoms with Gasteiger partial charge < -0.3 is 25.4 Å². The number of ether oxygens (including phenoxy) is 2. The summed E-state index contributed by atoms with van der Waals surface area (Å²) in [6.07, 6.45) is 0.172. The van der Waals surface area contributed by atoms with Gasteiger partial charge >= 0.3 is 12.2 Å². The Hall–Kier alpha value is -4.39. The number of primary amides is 1. The lowest BCUT2D eigenvalue weighted by Gasteiger charge is -2.22. The van der Waals surface area contributed by atoms with Crippen LogP contribution in [-0.4, -0.2) is 63.5 Å². The SMILES string of the molecule is CC(C)(C)OC(=O)Nc1ccc2c(c1)c(C(N)=O)nn2CC(=O)N(CCOC(=O)NCc1cccc(Cl)c1F)C1CC1. The Morgan fingerprint density at radius 3 is 2.57 bits per heavy atom. The maximum absolute atomic E-state index is 14.0. The van der Waals surface area contributed by atoms with Gasteiger partial charge in [0.05, 0.1) is 17.1 Å². The fourth-order valence-electron chi connectivity index (χ4n) is 4.24.